The van der Waals surface area contributed by atoms with E-state index in [0.29, 0.717) is 0 Å². The summed E-state index contributed by atoms with van der Waals surface area (Å²) >= 11 is 0. The van der Waals surface area contributed by atoms with Gasteiger partial charge in [0.25, 0.3) is 0 Å². The molecular weight excluding hydrogens is 237 g/mol. The van der Waals surface area contributed by atoms with Crippen LogP contribution in [0.25, 0.3) is 0 Å². The first-order chi connectivity index (χ1) is 0. The minimum atomic E-state index is 0. The Kier molecular flexibility index (Phi) is 178. The minimum absolute atomic E-state index is 0. The zero-order valence-electron chi connectivity index (χ0n) is 5.21. The summed E-state index contributed by atoms with van der Waals surface area (Å²) < 4.78 is 0. The first kappa shape index (κ1) is 36.3. The van der Waals surface area contributed by atoms with Crippen molar-refractivity contribution in [3.8, 4) is 0 Å². The average Bonchev–Trinajstić information content (AvgIpc) is 0. The van der Waals surface area contributed by atoms with E-state index in [2.05, 4.69) is 0 Å². The molecule has 0 aromatic carbocycles. The van der Waals surface area contributed by atoms with Gasteiger partial charge in [-0.3, -0.25) is 0 Å². The fourth-order valence-electron chi connectivity index (χ4n) is 0. The van der Waals surface area contributed by atoms with Crippen molar-refractivity contribution < 1.29 is 46.1 Å². The molecule has 0 bridgehead atoms. The molecule has 0 unspecified atom stereocenters. The average molecular weight is 243 g/mol. The standard InChI is InChI=1S/2Li.H2O.Pb.4H/h;;1H2;;;;;/q2*+1;;;;;2*-1. The van der Waals surface area contributed by atoms with E-state index in [1.165, 1.54) is 0 Å². The molecule has 0 atom stereocenters. The van der Waals surface area contributed by atoms with E-state index in [1.807, 2.05) is 0 Å². The Morgan fingerprint density at radius 3 is 1.00 bits per heavy atom. The van der Waals surface area contributed by atoms with Crippen molar-refractivity contribution in [2.75, 3.05) is 0 Å². The summed E-state index contributed by atoms with van der Waals surface area (Å²) in [4.78, 5) is 0. The first-order valence-electron chi connectivity index (χ1n) is 0. The first-order valence-corrected chi connectivity index (χ1v) is 0. The Balaban J connectivity index is 0. The third-order valence-electron chi connectivity index (χ3n) is 0. The normalized spacial score (nSPS) is 0. The van der Waals surface area contributed by atoms with Crippen molar-refractivity contribution in [1.29, 1.82) is 0 Å². The van der Waals surface area contributed by atoms with Crippen LogP contribution in [0, 0.1) is 0 Å². The second-order valence-corrected chi connectivity index (χ2v) is 0. The van der Waals surface area contributed by atoms with Gasteiger partial charge in [-0.15, -0.1) is 0 Å². The quantitative estimate of drug-likeness (QED) is 0.379. The zero-order valence-corrected chi connectivity index (χ0v) is 8.70. The molecule has 1 nitrogen and oxygen atoms in total. The van der Waals surface area contributed by atoms with Gasteiger partial charge in [-0.2, -0.15) is 0 Å². The van der Waals surface area contributed by atoms with E-state index >= 15 is 0 Å². The van der Waals surface area contributed by atoms with E-state index < -0.39 is 0 Å². The molecule has 0 aliphatic carbocycles. The molecule has 0 aliphatic rings. The molecule has 18 valence electrons. The van der Waals surface area contributed by atoms with Gasteiger partial charge in [0.2, 0.25) is 0 Å². The molecule has 0 rings (SSSR count). The number of hydrogen-bond donors (Lipinski definition) is 0. The van der Waals surface area contributed by atoms with Gasteiger partial charge in [-0.1, -0.05) is 0 Å². The van der Waals surface area contributed by atoms with Crippen molar-refractivity contribution >= 4 is 27.3 Å². The van der Waals surface area contributed by atoms with Crippen molar-refractivity contribution in [3.05, 3.63) is 0 Å². The predicted molar refractivity (Wildman–Crippen MR) is 14.4 cm³/mol. The van der Waals surface area contributed by atoms with Crippen molar-refractivity contribution in [1.82, 2.24) is 0 Å². The van der Waals surface area contributed by atoms with Gasteiger partial charge in [-0.05, 0) is 0 Å². The Labute approximate surface area is 72.7 Å². The van der Waals surface area contributed by atoms with Crippen LogP contribution in [0.1, 0.15) is 2.85 Å². The van der Waals surface area contributed by atoms with E-state index in [-0.39, 0.29) is 73.3 Å². The van der Waals surface area contributed by atoms with Gasteiger partial charge in [-0.25, -0.2) is 0 Å². The van der Waals surface area contributed by atoms with E-state index in [4.69, 9.17) is 0 Å². The van der Waals surface area contributed by atoms with E-state index in [0.717, 1.165) is 0 Å². The van der Waals surface area contributed by atoms with Gasteiger partial charge in [0.1, 0.15) is 0 Å². The predicted octanol–water partition coefficient (Wildman–Crippen LogP) is -7.51. The molecule has 0 amide bonds. The molecular formula is H6Li2OPb. The van der Waals surface area contributed by atoms with Crippen LogP contribution >= 0.6 is 0 Å². The van der Waals surface area contributed by atoms with Crippen molar-refractivity contribution in [2.45, 2.75) is 0 Å². The Morgan fingerprint density at radius 1 is 1.00 bits per heavy atom. The van der Waals surface area contributed by atoms with Gasteiger partial charge in [0, 0.05) is 0 Å². The van der Waals surface area contributed by atoms with Crippen molar-refractivity contribution in [2.24, 2.45) is 0 Å². The second-order valence-electron chi connectivity index (χ2n) is 0. The molecule has 0 spiro atoms. The molecule has 0 saturated heterocycles. The van der Waals surface area contributed by atoms with Gasteiger partial charge >= 0.3 is 65.0 Å². The molecule has 0 aromatic heterocycles. The fraction of sp³-hybridized carbons (Fsp3) is 0. The molecule has 0 aliphatic heterocycles. The molecule has 4 heavy (non-hydrogen) atoms. The summed E-state index contributed by atoms with van der Waals surface area (Å²) in [5.41, 5.74) is 0. The summed E-state index contributed by atoms with van der Waals surface area (Å²) in [6, 6.07) is 0. The van der Waals surface area contributed by atoms with E-state index in [1.54, 1.807) is 0 Å². The van der Waals surface area contributed by atoms with Crippen LogP contribution in [-0.4, -0.2) is 32.8 Å². The fourth-order valence-corrected chi connectivity index (χ4v) is 0. The molecule has 4 heteroatoms. The summed E-state index contributed by atoms with van der Waals surface area (Å²) in [5, 5.41) is 0. The second kappa shape index (κ2) is 19.6. The molecule has 0 fully saturated rings. The molecule has 0 aromatic rings. The summed E-state index contributed by atoms with van der Waals surface area (Å²) in [6.07, 6.45) is 0. The van der Waals surface area contributed by atoms with Gasteiger partial charge < -0.3 is 8.33 Å². The third kappa shape index (κ3) is 8.95. The zero-order chi connectivity index (χ0) is 0. The molecule has 2 N–H and O–H groups in total. The maximum absolute atomic E-state index is 0. The van der Waals surface area contributed by atoms with Crippen LogP contribution in [0.2, 0.25) is 0 Å². The third-order valence-corrected chi connectivity index (χ3v) is 0. The van der Waals surface area contributed by atoms with Crippen LogP contribution in [0.15, 0.2) is 0 Å². The summed E-state index contributed by atoms with van der Waals surface area (Å²) in [7, 11) is 0. The van der Waals surface area contributed by atoms with Crippen molar-refractivity contribution in [3.63, 3.8) is 0 Å². The van der Waals surface area contributed by atoms with Crippen LogP contribution in [0.4, 0.5) is 0 Å². The van der Waals surface area contributed by atoms with Crippen LogP contribution in [0.3, 0.4) is 0 Å². The monoisotopic (exact) mass is 244 g/mol. The van der Waals surface area contributed by atoms with Crippen LogP contribution in [-0.2, 0) is 0 Å². The summed E-state index contributed by atoms with van der Waals surface area (Å²) in [6.45, 7) is 0. The van der Waals surface area contributed by atoms with E-state index in [9.17, 15) is 0 Å². The Bertz CT molecular complexity index is 11.5. The number of rotatable bonds is 0. The Hall–Kier alpha value is 2.08. The molecule has 2 radical (unpaired) electrons. The SMILES string of the molecule is O.[H-].[H-].[Li+].[Li+].[PbH2]. The van der Waals surface area contributed by atoms with Crippen LogP contribution < -0.4 is 37.7 Å². The maximum atomic E-state index is 0. The van der Waals surface area contributed by atoms with Gasteiger partial charge in [0.05, 0.1) is 0 Å². The Morgan fingerprint density at radius 2 is 1.00 bits per heavy atom. The van der Waals surface area contributed by atoms with Gasteiger partial charge in [0.15, 0.2) is 0 Å². The molecule has 0 heterocycles. The topological polar surface area (TPSA) is 31.5 Å². The molecule has 0 saturated carbocycles. The number of hydrogen-bond acceptors (Lipinski definition) is 0. The van der Waals surface area contributed by atoms with Crippen LogP contribution in [0.5, 0.6) is 0 Å². The summed E-state index contributed by atoms with van der Waals surface area (Å²) in [5.74, 6) is 0.